The maximum absolute atomic E-state index is 13.9. The van der Waals surface area contributed by atoms with Gasteiger partial charge in [-0.1, -0.05) is 13.8 Å². The summed E-state index contributed by atoms with van der Waals surface area (Å²) in [6.07, 6.45) is 1.35. The van der Waals surface area contributed by atoms with E-state index < -0.39 is 22.3 Å². The summed E-state index contributed by atoms with van der Waals surface area (Å²) in [5.74, 6) is -1.49. The number of rotatable bonds is 7. The number of aliphatic hydroxyl groups excluding tert-OH is 1. The van der Waals surface area contributed by atoms with E-state index in [0.717, 1.165) is 18.2 Å². The Hall–Kier alpha value is -2.02. The second-order valence-corrected chi connectivity index (χ2v) is 4.61. The first kappa shape index (κ1) is 17.0. The number of non-ortho nitro benzene ring substituents is 1. The normalized spacial score (nSPS) is 10.7. The first-order valence-corrected chi connectivity index (χ1v) is 6.81. The number of nitrogens with zero attached hydrogens (tertiary/aromatic N) is 2. The minimum absolute atomic E-state index is 0.0988. The topological polar surface area (TPSA) is 83.7 Å². The van der Waals surface area contributed by atoms with Gasteiger partial charge >= 0.3 is 0 Å². The van der Waals surface area contributed by atoms with Crippen LogP contribution < -0.4 is 0 Å². The number of carbonyl (C=O) groups excluding carboxylic acids is 1. The number of nitro benzene ring substituents is 1. The monoisotopic (exact) mass is 298 g/mol. The fourth-order valence-electron chi connectivity index (χ4n) is 2.23. The summed E-state index contributed by atoms with van der Waals surface area (Å²) in [5.41, 5.74) is -0.624. The van der Waals surface area contributed by atoms with Crippen molar-refractivity contribution in [3.8, 4) is 0 Å². The lowest BCUT2D eigenvalue weighted by molar-refractivity contribution is -0.385. The lowest BCUT2D eigenvalue weighted by Gasteiger charge is -2.30. The number of benzene rings is 1. The van der Waals surface area contributed by atoms with E-state index in [4.69, 9.17) is 5.11 Å². The highest BCUT2D eigenvalue weighted by atomic mass is 19.1. The highest BCUT2D eigenvalue weighted by Gasteiger charge is 2.25. The molecule has 1 rings (SSSR count). The van der Waals surface area contributed by atoms with Crippen molar-refractivity contribution in [3.63, 3.8) is 0 Å². The summed E-state index contributed by atoms with van der Waals surface area (Å²) in [4.78, 5) is 23.7. The lowest BCUT2D eigenvalue weighted by atomic mass is 10.1. The van der Waals surface area contributed by atoms with Gasteiger partial charge in [0.15, 0.2) is 0 Å². The predicted molar refractivity (Wildman–Crippen MR) is 75.5 cm³/mol. The largest absolute Gasteiger partial charge is 0.395 e. The average Bonchev–Trinajstić information content (AvgIpc) is 2.46. The Morgan fingerprint density at radius 2 is 2.05 bits per heavy atom. The maximum Gasteiger partial charge on any atom is 0.272 e. The third kappa shape index (κ3) is 3.98. The van der Waals surface area contributed by atoms with E-state index in [9.17, 15) is 19.3 Å². The van der Waals surface area contributed by atoms with Crippen LogP contribution in [0.1, 0.15) is 37.0 Å². The number of halogens is 1. The standard InChI is InChI=1S/C14H19FN2O4/c1-3-10(4-2)16(7-8-18)14(19)12-6-5-11(17(20)21)9-13(12)15/h5-6,9-10,18H,3-4,7-8H2,1-2H3. The quantitative estimate of drug-likeness (QED) is 0.618. The van der Waals surface area contributed by atoms with Crippen molar-refractivity contribution in [2.45, 2.75) is 32.7 Å². The SMILES string of the molecule is CCC(CC)N(CCO)C(=O)c1ccc([N+](=O)[O-])cc1F. The van der Waals surface area contributed by atoms with Crippen LogP contribution in [-0.4, -0.2) is 40.0 Å². The summed E-state index contributed by atoms with van der Waals surface area (Å²) in [5, 5.41) is 19.7. The van der Waals surface area contributed by atoms with Gasteiger partial charge in [0.1, 0.15) is 5.82 Å². The van der Waals surface area contributed by atoms with Crippen LogP contribution in [0.5, 0.6) is 0 Å². The van der Waals surface area contributed by atoms with E-state index in [-0.39, 0.29) is 24.8 Å². The van der Waals surface area contributed by atoms with Gasteiger partial charge in [-0.25, -0.2) is 4.39 Å². The zero-order chi connectivity index (χ0) is 16.0. The Kier molecular flexibility index (Phi) is 6.23. The van der Waals surface area contributed by atoms with Crippen LogP contribution in [-0.2, 0) is 0 Å². The predicted octanol–water partition coefficient (Wildman–Crippen LogP) is 2.36. The Morgan fingerprint density at radius 3 is 2.48 bits per heavy atom. The van der Waals surface area contributed by atoms with Crippen LogP contribution >= 0.6 is 0 Å². The maximum atomic E-state index is 13.9. The van der Waals surface area contributed by atoms with Crippen LogP contribution in [0, 0.1) is 15.9 Å². The Balaban J connectivity index is 3.11. The highest BCUT2D eigenvalue weighted by Crippen LogP contribution is 2.20. The molecule has 0 aliphatic carbocycles. The van der Waals surface area contributed by atoms with Gasteiger partial charge in [0.2, 0.25) is 0 Å². The Morgan fingerprint density at radius 1 is 1.43 bits per heavy atom. The van der Waals surface area contributed by atoms with Crippen LogP contribution in [0.25, 0.3) is 0 Å². The van der Waals surface area contributed by atoms with Gasteiger partial charge in [-0.3, -0.25) is 14.9 Å². The average molecular weight is 298 g/mol. The van der Waals surface area contributed by atoms with Gasteiger partial charge in [-0.05, 0) is 18.9 Å². The van der Waals surface area contributed by atoms with Gasteiger partial charge in [0.25, 0.3) is 11.6 Å². The molecule has 0 atom stereocenters. The molecule has 0 aliphatic heterocycles. The molecule has 1 aromatic rings. The van der Waals surface area contributed by atoms with Crippen molar-refractivity contribution in [2.75, 3.05) is 13.2 Å². The molecule has 116 valence electrons. The second kappa shape index (κ2) is 7.68. The van der Waals surface area contributed by atoms with Crippen LogP contribution in [0.4, 0.5) is 10.1 Å². The first-order chi connectivity index (χ1) is 9.96. The Labute approximate surface area is 122 Å². The first-order valence-electron chi connectivity index (χ1n) is 6.81. The molecule has 1 amide bonds. The van der Waals surface area contributed by atoms with Crippen molar-refractivity contribution < 1.29 is 19.2 Å². The van der Waals surface area contributed by atoms with Crippen molar-refractivity contribution in [1.82, 2.24) is 4.90 Å². The molecule has 0 radical (unpaired) electrons. The lowest BCUT2D eigenvalue weighted by Crippen LogP contribution is -2.41. The minimum atomic E-state index is -0.928. The fraction of sp³-hybridized carbons (Fsp3) is 0.500. The van der Waals surface area contributed by atoms with E-state index in [1.807, 2.05) is 13.8 Å². The molecule has 0 aromatic heterocycles. The molecule has 0 aliphatic rings. The highest BCUT2D eigenvalue weighted by molar-refractivity contribution is 5.95. The van der Waals surface area contributed by atoms with Gasteiger partial charge in [-0.2, -0.15) is 0 Å². The fourth-order valence-corrected chi connectivity index (χ4v) is 2.23. The molecule has 0 spiro atoms. The summed E-state index contributed by atoms with van der Waals surface area (Å²) >= 11 is 0. The van der Waals surface area contributed by atoms with Gasteiger partial charge < -0.3 is 10.0 Å². The van der Waals surface area contributed by atoms with E-state index in [0.29, 0.717) is 12.8 Å². The zero-order valence-electron chi connectivity index (χ0n) is 12.1. The summed E-state index contributed by atoms with van der Waals surface area (Å²) < 4.78 is 13.9. The molecular formula is C14H19FN2O4. The molecule has 0 saturated heterocycles. The number of amides is 1. The molecule has 0 saturated carbocycles. The van der Waals surface area contributed by atoms with E-state index >= 15 is 0 Å². The number of carbonyl (C=O) groups is 1. The number of hydrogen-bond donors (Lipinski definition) is 1. The molecule has 0 heterocycles. The molecule has 0 unspecified atom stereocenters. The molecule has 0 fully saturated rings. The van der Waals surface area contributed by atoms with E-state index in [2.05, 4.69) is 0 Å². The third-order valence-electron chi connectivity index (χ3n) is 3.38. The third-order valence-corrected chi connectivity index (χ3v) is 3.38. The molecular weight excluding hydrogens is 279 g/mol. The van der Waals surface area contributed by atoms with Crippen molar-refractivity contribution in [2.24, 2.45) is 0 Å². The van der Waals surface area contributed by atoms with Gasteiger partial charge in [-0.15, -0.1) is 0 Å². The van der Waals surface area contributed by atoms with Crippen LogP contribution in [0.15, 0.2) is 18.2 Å². The number of aliphatic hydroxyl groups is 1. The molecule has 1 N–H and O–H groups in total. The van der Waals surface area contributed by atoms with Gasteiger partial charge in [0, 0.05) is 18.7 Å². The van der Waals surface area contributed by atoms with E-state index in [1.165, 1.54) is 4.90 Å². The number of nitro groups is 1. The Bertz CT molecular complexity index is 518. The molecule has 7 heteroatoms. The van der Waals surface area contributed by atoms with E-state index in [1.54, 1.807) is 0 Å². The summed E-state index contributed by atoms with van der Waals surface area (Å²) in [7, 11) is 0. The molecule has 1 aromatic carbocycles. The zero-order valence-corrected chi connectivity index (χ0v) is 12.1. The van der Waals surface area contributed by atoms with Crippen molar-refractivity contribution >= 4 is 11.6 Å². The smallest absolute Gasteiger partial charge is 0.272 e. The number of hydrogen-bond acceptors (Lipinski definition) is 4. The van der Waals surface area contributed by atoms with Crippen LogP contribution in [0.2, 0.25) is 0 Å². The minimum Gasteiger partial charge on any atom is -0.395 e. The van der Waals surface area contributed by atoms with Crippen molar-refractivity contribution in [3.05, 3.63) is 39.7 Å². The van der Waals surface area contributed by atoms with Gasteiger partial charge in [0.05, 0.1) is 23.2 Å². The molecule has 6 nitrogen and oxygen atoms in total. The van der Waals surface area contributed by atoms with Crippen LogP contribution in [0.3, 0.4) is 0 Å². The molecule has 0 bridgehead atoms. The van der Waals surface area contributed by atoms with Crippen molar-refractivity contribution in [1.29, 1.82) is 0 Å². The molecule has 21 heavy (non-hydrogen) atoms. The summed E-state index contributed by atoms with van der Waals surface area (Å²) in [6, 6.07) is 2.83. The second-order valence-electron chi connectivity index (χ2n) is 4.61. The summed E-state index contributed by atoms with van der Waals surface area (Å²) in [6.45, 7) is 3.68.